The van der Waals surface area contributed by atoms with Crippen LogP contribution in [0.4, 0.5) is 4.79 Å². The number of nitrogens with one attached hydrogen (secondary N) is 1. The van der Waals surface area contributed by atoms with Crippen molar-refractivity contribution in [2.45, 2.75) is 39.2 Å². The molecule has 2 aliphatic rings. The van der Waals surface area contributed by atoms with Crippen molar-refractivity contribution in [3.63, 3.8) is 0 Å². The lowest BCUT2D eigenvalue weighted by atomic mass is 9.66. The molecule has 0 aromatic carbocycles. The van der Waals surface area contributed by atoms with E-state index < -0.39 is 35.3 Å². The van der Waals surface area contributed by atoms with E-state index in [-0.39, 0.29) is 5.92 Å². The van der Waals surface area contributed by atoms with Crippen molar-refractivity contribution >= 4 is 23.8 Å². The van der Waals surface area contributed by atoms with Gasteiger partial charge < -0.3 is 4.74 Å². The number of nitrogens with zero attached hydrogens (tertiary/aromatic N) is 1. The molecule has 1 aliphatic heterocycles. The fourth-order valence-corrected chi connectivity index (χ4v) is 2.72. The highest BCUT2D eigenvalue weighted by molar-refractivity contribution is 6.20. The molecule has 20 heavy (non-hydrogen) atoms. The second-order valence-corrected chi connectivity index (χ2v) is 5.58. The Kier molecular flexibility index (Phi) is 3.54. The SMILES string of the molecule is COC(=O)C(C(C)C)N1C(=O)NC(=O)C2(CCC2)C1=O. The molecule has 0 bridgehead atoms. The van der Waals surface area contributed by atoms with Gasteiger partial charge in [0, 0.05) is 0 Å². The van der Waals surface area contributed by atoms with E-state index in [1.165, 1.54) is 7.11 Å². The topological polar surface area (TPSA) is 92.8 Å². The molecule has 1 saturated heterocycles. The lowest BCUT2D eigenvalue weighted by molar-refractivity contribution is -0.166. The number of carbonyl (C=O) groups is 4. The molecule has 2 fully saturated rings. The predicted molar refractivity (Wildman–Crippen MR) is 67.3 cm³/mol. The standard InChI is InChI=1S/C13H18N2O5/c1-7(2)8(9(16)20-3)15-11(18)13(5-4-6-13)10(17)14-12(15)19/h7-8H,4-6H2,1-3H3,(H,14,17,19). The number of hydrogen-bond acceptors (Lipinski definition) is 5. The Morgan fingerprint density at radius 3 is 2.30 bits per heavy atom. The summed E-state index contributed by atoms with van der Waals surface area (Å²) < 4.78 is 4.67. The van der Waals surface area contributed by atoms with E-state index >= 15 is 0 Å². The van der Waals surface area contributed by atoms with Crippen LogP contribution in [0, 0.1) is 11.3 Å². The largest absolute Gasteiger partial charge is 0.467 e. The number of rotatable bonds is 3. The van der Waals surface area contributed by atoms with Crippen LogP contribution in [0.25, 0.3) is 0 Å². The van der Waals surface area contributed by atoms with E-state index in [1.54, 1.807) is 13.8 Å². The van der Waals surface area contributed by atoms with Crippen molar-refractivity contribution in [3.05, 3.63) is 0 Å². The molecule has 1 atom stereocenters. The minimum atomic E-state index is -1.17. The van der Waals surface area contributed by atoms with Crippen molar-refractivity contribution < 1.29 is 23.9 Å². The summed E-state index contributed by atoms with van der Waals surface area (Å²) in [6, 6.07) is -1.86. The number of methoxy groups -OCH3 is 1. The Labute approximate surface area is 116 Å². The van der Waals surface area contributed by atoms with Crippen molar-refractivity contribution in [2.24, 2.45) is 11.3 Å². The first-order valence-corrected chi connectivity index (χ1v) is 6.62. The van der Waals surface area contributed by atoms with Gasteiger partial charge in [-0.05, 0) is 18.8 Å². The summed E-state index contributed by atoms with van der Waals surface area (Å²) in [5, 5.41) is 2.19. The van der Waals surface area contributed by atoms with Crippen LogP contribution < -0.4 is 5.32 Å². The van der Waals surface area contributed by atoms with E-state index in [0.29, 0.717) is 12.8 Å². The normalized spacial score (nSPS) is 22.6. The highest BCUT2D eigenvalue weighted by atomic mass is 16.5. The quantitative estimate of drug-likeness (QED) is 0.598. The fraction of sp³-hybridized carbons (Fsp3) is 0.692. The molecule has 0 aromatic rings. The molecular weight excluding hydrogens is 264 g/mol. The monoisotopic (exact) mass is 282 g/mol. The average molecular weight is 282 g/mol. The van der Waals surface area contributed by atoms with Gasteiger partial charge in [0.1, 0.15) is 11.5 Å². The van der Waals surface area contributed by atoms with Crippen LogP contribution in [0.5, 0.6) is 0 Å². The van der Waals surface area contributed by atoms with E-state index in [2.05, 4.69) is 10.1 Å². The van der Waals surface area contributed by atoms with Gasteiger partial charge in [-0.1, -0.05) is 20.3 Å². The third-order valence-electron chi connectivity index (χ3n) is 4.06. The van der Waals surface area contributed by atoms with E-state index in [4.69, 9.17) is 0 Å². The molecule has 1 N–H and O–H groups in total. The van der Waals surface area contributed by atoms with Crippen LogP contribution in [0.1, 0.15) is 33.1 Å². The zero-order chi connectivity index (χ0) is 15.1. The third kappa shape index (κ3) is 1.88. The molecule has 110 valence electrons. The first-order valence-electron chi connectivity index (χ1n) is 6.62. The maximum atomic E-state index is 12.6. The zero-order valence-electron chi connectivity index (χ0n) is 11.8. The summed E-state index contributed by atoms with van der Waals surface area (Å²) in [6.07, 6.45) is 1.58. The number of amides is 4. The summed E-state index contributed by atoms with van der Waals surface area (Å²) >= 11 is 0. The highest BCUT2D eigenvalue weighted by Gasteiger charge is 2.59. The molecule has 1 aliphatic carbocycles. The van der Waals surface area contributed by atoms with Crippen LogP contribution >= 0.6 is 0 Å². The molecule has 7 heteroatoms. The number of urea groups is 1. The van der Waals surface area contributed by atoms with Gasteiger partial charge in [0.25, 0.3) is 0 Å². The van der Waals surface area contributed by atoms with Gasteiger partial charge in [0.2, 0.25) is 11.8 Å². The predicted octanol–water partition coefficient (Wildman–Crippen LogP) is 0.433. The van der Waals surface area contributed by atoms with Crippen LogP contribution in [0.3, 0.4) is 0 Å². The lowest BCUT2D eigenvalue weighted by Crippen LogP contribution is -2.69. The Hall–Kier alpha value is -1.92. The van der Waals surface area contributed by atoms with Gasteiger partial charge >= 0.3 is 12.0 Å². The van der Waals surface area contributed by atoms with Crippen molar-refractivity contribution in [1.29, 1.82) is 0 Å². The lowest BCUT2D eigenvalue weighted by Gasteiger charge is -2.46. The Morgan fingerprint density at radius 2 is 1.90 bits per heavy atom. The van der Waals surface area contributed by atoms with Gasteiger partial charge in [-0.15, -0.1) is 0 Å². The zero-order valence-corrected chi connectivity index (χ0v) is 11.8. The van der Waals surface area contributed by atoms with E-state index in [0.717, 1.165) is 11.3 Å². The van der Waals surface area contributed by atoms with Gasteiger partial charge in [-0.2, -0.15) is 0 Å². The van der Waals surface area contributed by atoms with Crippen LogP contribution in [0.2, 0.25) is 0 Å². The average Bonchev–Trinajstić information content (AvgIpc) is 2.31. The van der Waals surface area contributed by atoms with Crippen LogP contribution in [0.15, 0.2) is 0 Å². The first-order chi connectivity index (χ1) is 9.35. The van der Waals surface area contributed by atoms with Crippen LogP contribution in [-0.2, 0) is 19.1 Å². The van der Waals surface area contributed by atoms with Gasteiger partial charge in [-0.3, -0.25) is 14.9 Å². The Morgan fingerprint density at radius 1 is 1.30 bits per heavy atom. The number of carbonyl (C=O) groups excluding carboxylic acids is 4. The Balaban J connectivity index is 2.38. The first kappa shape index (κ1) is 14.5. The summed E-state index contributed by atoms with van der Waals surface area (Å²) in [4.78, 5) is 49.1. The van der Waals surface area contributed by atoms with E-state index in [1.807, 2.05) is 0 Å². The molecule has 1 heterocycles. The highest BCUT2D eigenvalue weighted by Crippen LogP contribution is 2.45. The second-order valence-electron chi connectivity index (χ2n) is 5.58. The molecule has 4 amide bonds. The molecule has 2 rings (SSSR count). The second kappa shape index (κ2) is 4.88. The number of imide groups is 2. The number of hydrogen-bond donors (Lipinski definition) is 1. The summed E-state index contributed by atoms with van der Waals surface area (Å²) in [5.74, 6) is -2.10. The molecule has 1 unspecified atom stereocenters. The fourth-order valence-electron chi connectivity index (χ4n) is 2.72. The summed E-state index contributed by atoms with van der Waals surface area (Å²) in [7, 11) is 1.20. The van der Waals surface area contributed by atoms with Gasteiger partial charge in [0.05, 0.1) is 7.11 Å². The minimum Gasteiger partial charge on any atom is -0.467 e. The molecule has 1 saturated carbocycles. The molecule has 0 aromatic heterocycles. The smallest absolute Gasteiger partial charge is 0.331 e. The van der Waals surface area contributed by atoms with Gasteiger partial charge in [0.15, 0.2) is 0 Å². The number of barbiturate groups is 1. The van der Waals surface area contributed by atoms with Crippen LogP contribution in [-0.4, -0.2) is 41.9 Å². The number of ether oxygens (including phenoxy) is 1. The molecule has 1 spiro atoms. The minimum absolute atomic E-state index is 0.303. The summed E-state index contributed by atoms with van der Waals surface area (Å²) in [6.45, 7) is 3.43. The van der Waals surface area contributed by atoms with E-state index in [9.17, 15) is 19.2 Å². The molecule has 7 nitrogen and oxygen atoms in total. The third-order valence-corrected chi connectivity index (χ3v) is 4.06. The van der Waals surface area contributed by atoms with Gasteiger partial charge in [-0.25, -0.2) is 14.5 Å². The Bertz CT molecular complexity index is 481. The van der Waals surface area contributed by atoms with Crippen molar-refractivity contribution in [1.82, 2.24) is 10.2 Å². The summed E-state index contributed by atoms with van der Waals surface area (Å²) in [5.41, 5.74) is -1.17. The maximum Gasteiger partial charge on any atom is 0.331 e. The molecular formula is C13H18N2O5. The maximum absolute atomic E-state index is 12.6. The van der Waals surface area contributed by atoms with Crippen molar-refractivity contribution in [2.75, 3.05) is 7.11 Å². The number of esters is 1. The van der Waals surface area contributed by atoms with Crippen molar-refractivity contribution in [3.8, 4) is 0 Å². The molecule has 0 radical (unpaired) electrons.